The summed E-state index contributed by atoms with van der Waals surface area (Å²) < 4.78 is 4.81. The van der Waals surface area contributed by atoms with Gasteiger partial charge in [0.2, 0.25) is 0 Å². The summed E-state index contributed by atoms with van der Waals surface area (Å²) in [5.74, 6) is 6.74. The maximum absolute atomic E-state index is 11.0. The summed E-state index contributed by atoms with van der Waals surface area (Å²) in [5.41, 5.74) is 3.50. The maximum Gasteiger partial charge on any atom is 0.315 e. The Hall–Kier alpha value is -1.27. The quantitative estimate of drug-likeness (QED) is 0.442. The first kappa shape index (κ1) is 12.8. The van der Waals surface area contributed by atoms with Crippen LogP contribution in [0.1, 0.15) is 12.5 Å². The van der Waals surface area contributed by atoms with E-state index in [4.69, 9.17) is 10.6 Å². The van der Waals surface area contributed by atoms with Crippen molar-refractivity contribution >= 4 is 23.5 Å². The van der Waals surface area contributed by atoms with Gasteiger partial charge in [-0.15, -0.1) is 11.8 Å². The van der Waals surface area contributed by atoms with Crippen LogP contribution in [-0.2, 0) is 15.3 Å². The molecule has 0 aliphatic carbocycles. The first-order chi connectivity index (χ1) is 7.76. The molecule has 0 aromatic carbocycles. The smallest absolute Gasteiger partial charge is 0.315 e. The van der Waals surface area contributed by atoms with Gasteiger partial charge in [-0.05, 0) is 18.6 Å². The summed E-state index contributed by atoms with van der Waals surface area (Å²) in [5, 5.41) is 0. The minimum Gasteiger partial charge on any atom is -0.465 e. The summed E-state index contributed by atoms with van der Waals surface area (Å²) >= 11 is 1.50. The van der Waals surface area contributed by atoms with Crippen molar-refractivity contribution in [1.29, 1.82) is 0 Å². The molecule has 1 aromatic heterocycles. The first-order valence-corrected chi connectivity index (χ1v) is 6.06. The molecule has 0 spiro atoms. The fourth-order valence-corrected chi connectivity index (χ4v) is 1.81. The molecular formula is C10H15N3O2S. The van der Waals surface area contributed by atoms with Gasteiger partial charge in [0.25, 0.3) is 0 Å². The number of hydrogen-bond donors (Lipinski definition) is 2. The Morgan fingerprint density at radius 3 is 3.00 bits per heavy atom. The number of nitrogens with two attached hydrogens (primary N) is 1. The highest BCUT2D eigenvalue weighted by Crippen LogP contribution is 2.12. The lowest BCUT2D eigenvalue weighted by Gasteiger charge is -2.03. The predicted octanol–water partition coefficient (Wildman–Crippen LogP) is 1.16. The fourth-order valence-electron chi connectivity index (χ4n) is 1.05. The minimum atomic E-state index is -0.180. The van der Waals surface area contributed by atoms with Crippen LogP contribution in [-0.4, -0.2) is 23.3 Å². The maximum atomic E-state index is 11.0. The standard InChI is InChI=1S/C10H15N3O2S/c1-2-15-10(14)7-16-6-8-3-4-9(13-11)12-5-8/h3-5H,2,6-7,11H2,1H3,(H,12,13). The number of nitrogen functional groups attached to an aromatic ring is 1. The average Bonchev–Trinajstić information content (AvgIpc) is 2.30. The van der Waals surface area contributed by atoms with Crippen LogP contribution < -0.4 is 11.3 Å². The number of ether oxygens (including phenoxy) is 1. The summed E-state index contributed by atoms with van der Waals surface area (Å²) in [6.07, 6.45) is 1.73. The highest BCUT2D eigenvalue weighted by atomic mass is 32.2. The number of rotatable bonds is 6. The van der Waals surface area contributed by atoms with Crippen LogP contribution in [0.5, 0.6) is 0 Å². The molecule has 88 valence electrons. The molecule has 0 amide bonds. The number of esters is 1. The van der Waals surface area contributed by atoms with Gasteiger partial charge in [-0.3, -0.25) is 4.79 Å². The van der Waals surface area contributed by atoms with Gasteiger partial charge in [-0.1, -0.05) is 6.07 Å². The third-order valence-corrected chi connectivity index (χ3v) is 2.74. The number of hydrazine groups is 1. The minimum absolute atomic E-state index is 0.180. The van der Waals surface area contributed by atoms with Crippen LogP contribution in [0.25, 0.3) is 0 Å². The number of thioether (sulfide) groups is 1. The molecule has 0 saturated heterocycles. The molecule has 0 unspecified atom stereocenters. The summed E-state index contributed by atoms with van der Waals surface area (Å²) in [6.45, 7) is 2.23. The third kappa shape index (κ3) is 4.50. The van der Waals surface area contributed by atoms with E-state index in [1.54, 1.807) is 19.2 Å². The monoisotopic (exact) mass is 241 g/mol. The SMILES string of the molecule is CCOC(=O)CSCc1ccc(NN)nc1. The molecule has 0 aliphatic heterocycles. The summed E-state index contributed by atoms with van der Waals surface area (Å²) in [7, 11) is 0. The van der Waals surface area contributed by atoms with Gasteiger partial charge < -0.3 is 10.2 Å². The lowest BCUT2D eigenvalue weighted by atomic mass is 10.3. The van der Waals surface area contributed by atoms with Crippen molar-refractivity contribution < 1.29 is 9.53 Å². The van der Waals surface area contributed by atoms with Crippen LogP contribution in [0.3, 0.4) is 0 Å². The zero-order chi connectivity index (χ0) is 11.8. The first-order valence-electron chi connectivity index (χ1n) is 4.91. The molecule has 1 aromatic rings. The van der Waals surface area contributed by atoms with Crippen molar-refractivity contribution in [2.24, 2.45) is 5.84 Å². The van der Waals surface area contributed by atoms with Gasteiger partial charge in [-0.25, -0.2) is 10.8 Å². The van der Waals surface area contributed by atoms with E-state index in [1.165, 1.54) is 11.8 Å². The molecule has 0 aliphatic rings. The Bertz CT molecular complexity index is 329. The highest BCUT2D eigenvalue weighted by Gasteiger charge is 2.02. The van der Waals surface area contributed by atoms with Gasteiger partial charge in [-0.2, -0.15) is 0 Å². The van der Waals surface area contributed by atoms with E-state index in [0.29, 0.717) is 18.2 Å². The number of carbonyl (C=O) groups excluding carboxylic acids is 1. The van der Waals surface area contributed by atoms with E-state index in [2.05, 4.69) is 10.4 Å². The van der Waals surface area contributed by atoms with E-state index in [0.717, 1.165) is 11.3 Å². The van der Waals surface area contributed by atoms with E-state index < -0.39 is 0 Å². The molecule has 1 rings (SSSR count). The van der Waals surface area contributed by atoms with E-state index >= 15 is 0 Å². The van der Waals surface area contributed by atoms with Crippen molar-refractivity contribution in [2.45, 2.75) is 12.7 Å². The number of nitrogens with one attached hydrogen (secondary N) is 1. The molecule has 0 radical (unpaired) electrons. The predicted molar refractivity (Wildman–Crippen MR) is 64.8 cm³/mol. The van der Waals surface area contributed by atoms with Gasteiger partial charge in [0, 0.05) is 11.9 Å². The van der Waals surface area contributed by atoms with Crippen LogP contribution in [0.2, 0.25) is 0 Å². The van der Waals surface area contributed by atoms with Gasteiger partial charge in [0.1, 0.15) is 5.82 Å². The molecule has 0 bridgehead atoms. The molecule has 0 fully saturated rings. The summed E-state index contributed by atoms with van der Waals surface area (Å²) in [6, 6.07) is 3.71. The van der Waals surface area contributed by atoms with Crippen molar-refractivity contribution in [2.75, 3.05) is 17.8 Å². The van der Waals surface area contributed by atoms with Gasteiger partial charge in [0.15, 0.2) is 0 Å². The fraction of sp³-hybridized carbons (Fsp3) is 0.400. The third-order valence-electron chi connectivity index (χ3n) is 1.77. The molecule has 1 heterocycles. The zero-order valence-electron chi connectivity index (χ0n) is 9.10. The zero-order valence-corrected chi connectivity index (χ0v) is 9.92. The lowest BCUT2D eigenvalue weighted by molar-refractivity contribution is -0.139. The lowest BCUT2D eigenvalue weighted by Crippen LogP contribution is -2.08. The summed E-state index contributed by atoms with van der Waals surface area (Å²) in [4.78, 5) is 15.1. The number of pyridine rings is 1. The number of anilines is 1. The Labute approximate surface area is 98.7 Å². The number of nitrogens with zero attached hydrogens (tertiary/aromatic N) is 1. The van der Waals surface area contributed by atoms with Gasteiger partial charge in [0.05, 0.1) is 12.4 Å². The van der Waals surface area contributed by atoms with Crippen molar-refractivity contribution in [3.05, 3.63) is 23.9 Å². The Morgan fingerprint density at radius 2 is 2.44 bits per heavy atom. The Kier molecular flexibility index (Phi) is 5.66. The van der Waals surface area contributed by atoms with Crippen molar-refractivity contribution in [1.82, 2.24) is 4.98 Å². The number of carbonyl (C=O) groups is 1. The molecule has 0 saturated carbocycles. The van der Waals surface area contributed by atoms with Crippen LogP contribution in [0.15, 0.2) is 18.3 Å². The van der Waals surface area contributed by atoms with Crippen molar-refractivity contribution in [3.63, 3.8) is 0 Å². The highest BCUT2D eigenvalue weighted by molar-refractivity contribution is 7.99. The number of hydrogen-bond acceptors (Lipinski definition) is 6. The van der Waals surface area contributed by atoms with Crippen LogP contribution in [0.4, 0.5) is 5.82 Å². The van der Waals surface area contributed by atoms with E-state index in [1.807, 2.05) is 6.07 Å². The van der Waals surface area contributed by atoms with E-state index in [-0.39, 0.29) is 5.97 Å². The molecule has 6 heteroatoms. The second kappa shape index (κ2) is 7.08. The van der Waals surface area contributed by atoms with Crippen LogP contribution >= 0.6 is 11.8 Å². The van der Waals surface area contributed by atoms with Crippen molar-refractivity contribution in [3.8, 4) is 0 Å². The molecular weight excluding hydrogens is 226 g/mol. The van der Waals surface area contributed by atoms with E-state index in [9.17, 15) is 4.79 Å². The second-order valence-corrected chi connectivity index (χ2v) is 3.98. The molecule has 3 N–H and O–H groups in total. The van der Waals surface area contributed by atoms with Crippen LogP contribution in [0, 0.1) is 0 Å². The van der Waals surface area contributed by atoms with Gasteiger partial charge >= 0.3 is 5.97 Å². The normalized spacial score (nSPS) is 9.88. The Morgan fingerprint density at radius 1 is 1.62 bits per heavy atom. The second-order valence-electron chi connectivity index (χ2n) is 2.99. The Balaban J connectivity index is 2.29. The largest absolute Gasteiger partial charge is 0.465 e. The topological polar surface area (TPSA) is 77.2 Å². The average molecular weight is 241 g/mol. The molecule has 0 atom stereocenters. The molecule has 5 nitrogen and oxygen atoms in total. The molecule has 16 heavy (non-hydrogen) atoms. The number of aromatic nitrogens is 1.